The Kier molecular flexibility index (Phi) is 13.4. The SMILES string of the molecule is CCC(=O)CCCCC[C@H](NC(=O)Cc1c(C)[nH]c2ccc(OC)cc12)C1=NC=C(c2cc3cccc(OC)c3cc2OC)[NH2+]1.O=C([O-])C(F)(F)F. The van der Waals surface area contributed by atoms with Crippen molar-refractivity contribution in [2.24, 2.45) is 4.99 Å². The summed E-state index contributed by atoms with van der Waals surface area (Å²) in [5, 5.41) is 17.1. The maximum atomic E-state index is 13.6. The number of carboxylic acid groups (broad SMARTS) is 1. The molecule has 0 spiro atoms. The number of ether oxygens (including phenoxy) is 3. The first-order valence-corrected chi connectivity index (χ1v) is 16.8. The third-order valence-electron chi connectivity index (χ3n) is 8.78. The van der Waals surface area contributed by atoms with Gasteiger partial charge in [0, 0.05) is 34.8 Å². The van der Waals surface area contributed by atoms with Crippen molar-refractivity contribution in [3.63, 3.8) is 0 Å². The number of H-pyrrole nitrogens is 1. The molecule has 4 aromatic rings. The number of aromatic nitrogens is 1. The molecule has 4 N–H and O–H groups in total. The number of Topliss-reactive ketones (excluding diaryl/α,β-unsaturated/α-hetero) is 1. The number of hydrogen-bond acceptors (Lipinski definition) is 8. The average molecular weight is 725 g/mol. The van der Waals surface area contributed by atoms with Crippen LogP contribution in [0.5, 0.6) is 17.2 Å². The number of carbonyl (C=O) groups is 3. The third-order valence-corrected chi connectivity index (χ3v) is 8.78. The van der Waals surface area contributed by atoms with Crippen molar-refractivity contribution in [1.29, 1.82) is 0 Å². The van der Waals surface area contributed by atoms with Crippen LogP contribution in [0.4, 0.5) is 13.2 Å². The van der Waals surface area contributed by atoms with Crippen molar-refractivity contribution >= 4 is 50.9 Å². The van der Waals surface area contributed by atoms with Gasteiger partial charge in [-0.05, 0) is 67.1 Å². The molecule has 11 nitrogen and oxygen atoms in total. The molecule has 1 atom stereocenters. The summed E-state index contributed by atoms with van der Waals surface area (Å²) in [6, 6.07) is 15.6. The summed E-state index contributed by atoms with van der Waals surface area (Å²) in [4.78, 5) is 42.3. The Labute approximate surface area is 299 Å². The number of halogens is 3. The quantitative estimate of drug-likeness (QED) is 0.147. The molecule has 1 aliphatic rings. The zero-order valence-electron chi connectivity index (χ0n) is 29.7. The van der Waals surface area contributed by atoms with E-state index in [1.54, 1.807) is 21.3 Å². The summed E-state index contributed by atoms with van der Waals surface area (Å²) in [6.07, 6.45) is 1.39. The van der Waals surface area contributed by atoms with Crippen LogP contribution >= 0.6 is 0 Å². The van der Waals surface area contributed by atoms with Crippen LogP contribution in [0.2, 0.25) is 0 Å². The van der Waals surface area contributed by atoms with E-state index in [1.165, 1.54) is 0 Å². The van der Waals surface area contributed by atoms with Gasteiger partial charge in [0.2, 0.25) is 11.7 Å². The van der Waals surface area contributed by atoms with Crippen LogP contribution in [0, 0.1) is 6.92 Å². The Hall–Kier alpha value is -5.37. The van der Waals surface area contributed by atoms with Crippen LogP contribution in [0.1, 0.15) is 62.3 Å². The van der Waals surface area contributed by atoms with Crippen molar-refractivity contribution < 1.29 is 52.2 Å². The maximum absolute atomic E-state index is 13.6. The van der Waals surface area contributed by atoms with E-state index in [0.717, 1.165) is 93.0 Å². The minimum absolute atomic E-state index is 0.0760. The summed E-state index contributed by atoms with van der Waals surface area (Å²) in [6.45, 7) is 3.89. The number of hydrogen-bond donors (Lipinski definition) is 3. The van der Waals surface area contributed by atoms with Gasteiger partial charge in [-0.1, -0.05) is 31.9 Å². The Morgan fingerprint density at radius 1 is 0.962 bits per heavy atom. The number of ketones is 1. The zero-order valence-corrected chi connectivity index (χ0v) is 29.7. The number of carboxylic acids is 1. The van der Waals surface area contributed by atoms with E-state index in [1.807, 2.05) is 67.8 Å². The van der Waals surface area contributed by atoms with Crippen molar-refractivity contribution in [1.82, 2.24) is 10.3 Å². The number of amides is 1. The first-order chi connectivity index (χ1) is 24.8. The fourth-order valence-corrected chi connectivity index (χ4v) is 6.01. The number of aromatic amines is 1. The van der Waals surface area contributed by atoms with Gasteiger partial charge in [0.25, 0.3) is 0 Å². The van der Waals surface area contributed by atoms with Crippen LogP contribution < -0.4 is 30.0 Å². The van der Waals surface area contributed by atoms with Gasteiger partial charge in [-0.15, -0.1) is 0 Å². The largest absolute Gasteiger partial charge is 0.542 e. The molecule has 3 aromatic carbocycles. The molecule has 278 valence electrons. The topological polar surface area (TPSA) is 159 Å². The Morgan fingerprint density at radius 2 is 1.69 bits per heavy atom. The number of rotatable bonds is 15. The predicted octanol–water partition coefficient (Wildman–Crippen LogP) is 4.88. The highest BCUT2D eigenvalue weighted by Gasteiger charge is 2.30. The van der Waals surface area contributed by atoms with Gasteiger partial charge >= 0.3 is 6.18 Å². The summed E-state index contributed by atoms with van der Waals surface area (Å²) >= 11 is 0. The Bertz CT molecular complexity index is 1980. The number of nitrogens with zero attached hydrogens (tertiary/aromatic N) is 1. The molecule has 0 bridgehead atoms. The average Bonchev–Trinajstić information content (AvgIpc) is 3.73. The Morgan fingerprint density at radius 3 is 2.35 bits per heavy atom. The van der Waals surface area contributed by atoms with Gasteiger partial charge < -0.3 is 34.4 Å². The lowest BCUT2D eigenvalue weighted by atomic mass is 10.0. The number of nitrogens with two attached hydrogens (primary N) is 1. The van der Waals surface area contributed by atoms with Gasteiger partial charge in [-0.3, -0.25) is 14.9 Å². The fraction of sp³-hybridized carbons (Fsp3) is 0.368. The number of quaternary nitrogens is 1. The second-order valence-corrected chi connectivity index (χ2v) is 12.2. The molecule has 1 aromatic heterocycles. The number of nitrogens with one attached hydrogen (secondary N) is 2. The molecule has 0 saturated heterocycles. The lowest BCUT2D eigenvalue weighted by Crippen LogP contribution is -2.87. The normalized spacial score (nSPS) is 13.2. The first-order valence-electron chi connectivity index (χ1n) is 16.8. The molecule has 5 rings (SSSR count). The highest BCUT2D eigenvalue weighted by molar-refractivity contribution is 5.96. The zero-order chi connectivity index (χ0) is 38.0. The van der Waals surface area contributed by atoms with E-state index in [2.05, 4.69) is 16.4 Å². The number of benzene rings is 3. The standard InChI is InChI=1S/C36H42N4O5.C2HF3O2/c1-6-24(41)12-8-7-9-13-31(39-35(42)20-26-22(2)38-30-16-15-25(43-3)18-28(26)30)36-37-21-32(40-36)29-17-23-11-10-14-33(44-4)27(23)19-34(29)45-5;3-2(4,5)1(6)7/h10-11,14-19,21,31,38H,6-9,12-13,20H2,1-5H3,(H,37,40)(H,39,42);(H,6,7)/t31-;/m0./s1. The van der Waals surface area contributed by atoms with Crippen molar-refractivity contribution in [2.75, 3.05) is 21.3 Å². The smallest absolute Gasteiger partial charge is 0.430 e. The summed E-state index contributed by atoms with van der Waals surface area (Å²) in [5.74, 6) is 0.255. The van der Waals surface area contributed by atoms with Gasteiger partial charge in [-0.2, -0.15) is 13.2 Å². The van der Waals surface area contributed by atoms with E-state index in [0.29, 0.717) is 12.8 Å². The molecule has 0 saturated carbocycles. The number of aliphatic imine (C=N–C) groups is 1. The van der Waals surface area contributed by atoms with Gasteiger partial charge in [0.05, 0.1) is 39.5 Å². The monoisotopic (exact) mass is 724 g/mol. The van der Waals surface area contributed by atoms with Crippen molar-refractivity contribution in [3.05, 3.63) is 71.6 Å². The fourth-order valence-electron chi connectivity index (χ4n) is 6.01. The second kappa shape index (κ2) is 17.7. The number of carbonyl (C=O) groups excluding carboxylic acids is 3. The minimum atomic E-state index is -5.19. The summed E-state index contributed by atoms with van der Waals surface area (Å²) in [5.41, 5.74) is 4.71. The molecule has 0 fully saturated rings. The molecular weight excluding hydrogens is 681 g/mol. The van der Waals surface area contributed by atoms with Crippen molar-refractivity contribution in [2.45, 2.75) is 71.0 Å². The first kappa shape index (κ1) is 39.4. The third kappa shape index (κ3) is 9.90. The maximum Gasteiger partial charge on any atom is 0.430 e. The number of fused-ring (bicyclic) bond motifs is 2. The number of methoxy groups -OCH3 is 3. The molecule has 0 aliphatic carbocycles. The molecule has 1 aliphatic heterocycles. The lowest BCUT2D eigenvalue weighted by molar-refractivity contribution is -0.434. The lowest BCUT2D eigenvalue weighted by Gasteiger charge is -2.18. The number of aliphatic carboxylic acids is 1. The number of unbranched alkanes of at least 4 members (excludes halogenated alkanes) is 2. The van der Waals surface area contributed by atoms with Gasteiger partial charge in [0.1, 0.15) is 35.0 Å². The molecule has 2 heterocycles. The van der Waals surface area contributed by atoms with Crippen LogP contribution in [0.25, 0.3) is 27.4 Å². The molecule has 0 radical (unpaired) electrons. The predicted molar refractivity (Wildman–Crippen MR) is 189 cm³/mol. The molecule has 52 heavy (non-hydrogen) atoms. The molecule has 1 amide bonds. The van der Waals surface area contributed by atoms with Crippen LogP contribution in [0.15, 0.2) is 59.7 Å². The van der Waals surface area contributed by atoms with E-state index < -0.39 is 12.1 Å². The highest BCUT2D eigenvalue weighted by atomic mass is 19.4. The highest BCUT2D eigenvalue weighted by Crippen LogP contribution is 2.34. The van der Waals surface area contributed by atoms with E-state index in [4.69, 9.17) is 29.1 Å². The van der Waals surface area contributed by atoms with Crippen LogP contribution in [-0.4, -0.2) is 62.0 Å². The van der Waals surface area contributed by atoms with E-state index in [-0.39, 0.29) is 24.2 Å². The van der Waals surface area contributed by atoms with Gasteiger partial charge in [0.15, 0.2) is 5.70 Å². The molecular formula is C38H43F3N4O7. The van der Waals surface area contributed by atoms with Crippen LogP contribution in [0.3, 0.4) is 0 Å². The summed E-state index contributed by atoms with van der Waals surface area (Å²) in [7, 11) is 4.96. The second-order valence-electron chi connectivity index (χ2n) is 12.2. The molecule has 14 heteroatoms. The molecule has 0 unspecified atom stereocenters. The van der Waals surface area contributed by atoms with E-state index in [9.17, 15) is 22.8 Å². The van der Waals surface area contributed by atoms with Crippen LogP contribution in [-0.2, 0) is 20.8 Å². The number of amidine groups is 1. The summed E-state index contributed by atoms with van der Waals surface area (Å²) < 4.78 is 48.3. The Balaban J connectivity index is 0.000000785. The van der Waals surface area contributed by atoms with Crippen molar-refractivity contribution in [3.8, 4) is 17.2 Å². The number of aryl methyl sites for hydroxylation is 1. The minimum Gasteiger partial charge on any atom is -0.542 e. The van der Waals surface area contributed by atoms with Gasteiger partial charge in [-0.25, -0.2) is 4.99 Å². The van der Waals surface area contributed by atoms with E-state index >= 15 is 0 Å². The number of alkyl halides is 3.